The van der Waals surface area contributed by atoms with Gasteiger partial charge in [-0.2, -0.15) is 0 Å². The summed E-state index contributed by atoms with van der Waals surface area (Å²) in [6, 6.07) is 2.59. The number of hydrogen-bond acceptors (Lipinski definition) is 5. The highest BCUT2D eigenvalue weighted by Crippen LogP contribution is 2.29. The number of thiophene rings is 1. The fourth-order valence-corrected chi connectivity index (χ4v) is 3.63. The van der Waals surface area contributed by atoms with E-state index >= 15 is 0 Å². The molecule has 1 saturated heterocycles. The lowest BCUT2D eigenvalue weighted by Crippen LogP contribution is -2.34. The largest absolute Gasteiger partial charge is 0.340 e. The lowest BCUT2D eigenvalue weighted by atomic mass is 10.2. The summed E-state index contributed by atoms with van der Waals surface area (Å²) in [5.41, 5.74) is 1.07. The first-order valence-corrected chi connectivity index (χ1v) is 7.91. The molecule has 1 atom stereocenters. The maximum atomic E-state index is 4.49. The maximum Gasteiger partial charge on any atom is 0.225 e. The van der Waals surface area contributed by atoms with Gasteiger partial charge in [-0.15, -0.1) is 11.3 Å². The van der Waals surface area contributed by atoms with Crippen LogP contribution in [0.2, 0.25) is 0 Å². The van der Waals surface area contributed by atoms with Gasteiger partial charge >= 0.3 is 0 Å². The zero-order valence-corrected chi connectivity index (χ0v) is 13.0. The van der Waals surface area contributed by atoms with Crippen LogP contribution in [0.1, 0.15) is 6.42 Å². The Bertz CT molecular complexity index is 548. The minimum atomic E-state index is 0.502. The summed E-state index contributed by atoms with van der Waals surface area (Å²) >= 11 is 5.16. The average Bonchev–Trinajstić information content (AvgIpc) is 3.09. The van der Waals surface area contributed by atoms with Crippen LogP contribution in [0.25, 0.3) is 10.4 Å². The smallest absolute Gasteiger partial charge is 0.225 e. The lowest BCUT2D eigenvalue weighted by Gasteiger charge is -2.23. The summed E-state index contributed by atoms with van der Waals surface area (Å²) in [7, 11) is 2.06. The number of nitrogens with one attached hydrogen (secondary N) is 1. The van der Waals surface area contributed by atoms with Gasteiger partial charge in [0.15, 0.2) is 0 Å². The standard InChI is InChI=1S/C13H15BrN4S/c1-18(11-2-3-15-7-11)13-16-5-9(6-17-13)12-4-10(14)8-19-12/h4-6,8,11,15H,2-3,7H2,1H3. The third kappa shape index (κ3) is 2.80. The first-order chi connectivity index (χ1) is 9.24. The molecule has 2 aromatic rings. The molecule has 1 N–H and O–H groups in total. The fraction of sp³-hybridized carbons (Fsp3) is 0.385. The van der Waals surface area contributed by atoms with Crippen molar-refractivity contribution in [1.29, 1.82) is 0 Å². The van der Waals surface area contributed by atoms with Gasteiger partial charge in [0, 0.05) is 52.3 Å². The number of aromatic nitrogens is 2. The number of hydrogen-bond donors (Lipinski definition) is 1. The number of halogens is 1. The zero-order chi connectivity index (χ0) is 13.2. The monoisotopic (exact) mass is 338 g/mol. The quantitative estimate of drug-likeness (QED) is 0.934. The molecule has 19 heavy (non-hydrogen) atoms. The van der Waals surface area contributed by atoms with E-state index in [-0.39, 0.29) is 0 Å². The van der Waals surface area contributed by atoms with Gasteiger partial charge in [0.2, 0.25) is 5.95 Å². The normalized spacial score (nSPS) is 18.7. The maximum absolute atomic E-state index is 4.49. The van der Waals surface area contributed by atoms with Gasteiger partial charge < -0.3 is 10.2 Å². The molecule has 3 rings (SSSR count). The second kappa shape index (κ2) is 5.56. The van der Waals surface area contributed by atoms with Gasteiger partial charge in [0.1, 0.15) is 0 Å². The highest BCUT2D eigenvalue weighted by molar-refractivity contribution is 9.10. The summed E-state index contributed by atoms with van der Waals surface area (Å²) in [5.74, 6) is 0.799. The SMILES string of the molecule is CN(c1ncc(-c2cc(Br)cs2)cn1)C1CCNC1. The summed E-state index contributed by atoms with van der Waals surface area (Å²) < 4.78 is 1.10. The van der Waals surface area contributed by atoms with E-state index in [4.69, 9.17) is 0 Å². The van der Waals surface area contributed by atoms with Crippen LogP contribution in [0.3, 0.4) is 0 Å². The molecule has 100 valence electrons. The van der Waals surface area contributed by atoms with Crippen molar-refractivity contribution in [2.75, 3.05) is 25.0 Å². The second-order valence-corrected chi connectivity index (χ2v) is 6.49. The van der Waals surface area contributed by atoms with Gasteiger partial charge in [0.05, 0.1) is 0 Å². The second-order valence-electron chi connectivity index (χ2n) is 4.66. The summed E-state index contributed by atoms with van der Waals surface area (Å²) in [6.07, 6.45) is 4.96. The molecule has 0 spiro atoms. The molecule has 3 heterocycles. The van der Waals surface area contributed by atoms with Crippen molar-refractivity contribution >= 4 is 33.2 Å². The zero-order valence-electron chi connectivity index (χ0n) is 10.6. The molecular weight excluding hydrogens is 324 g/mol. The van der Waals surface area contributed by atoms with Crippen molar-refractivity contribution in [3.63, 3.8) is 0 Å². The van der Waals surface area contributed by atoms with E-state index < -0.39 is 0 Å². The predicted molar refractivity (Wildman–Crippen MR) is 82.7 cm³/mol. The van der Waals surface area contributed by atoms with Crippen molar-refractivity contribution in [3.05, 3.63) is 28.3 Å². The molecule has 0 amide bonds. The Kier molecular flexibility index (Phi) is 3.81. The van der Waals surface area contributed by atoms with E-state index in [1.807, 2.05) is 12.4 Å². The van der Waals surface area contributed by atoms with Gasteiger partial charge in [-0.1, -0.05) is 0 Å². The average molecular weight is 339 g/mol. The van der Waals surface area contributed by atoms with Crippen molar-refractivity contribution in [1.82, 2.24) is 15.3 Å². The molecule has 0 aliphatic carbocycles. The molecule has 0 bridgehead atoms. The van der Waals surface area contributed by atoms with Crippen molar-refractivity contribution < 1.29 is 0 Å². The molecule has 6 heteroatoms. The van der Waals surface area contributed by atoms with Crippen molar-refractivity contribution in [2.24, 2.45) is 0 Å². The number of likely N-dealkylation sites (N-methyl/N-ethyl adjacent to an activating group) is 1. The van der Waals surface area contributed by atoms with E-state index in [0.717, 1.165) is 35.5 Å². The number of anilines is 1. The Morgan fingerprint density at radius 2 is 2.21 bits per heavy atom. The van der Waals surface area contributed by atoms with E-state index in [1.165, 1.54) is 4.88 Å². The predicted octanol–water partition coefficient (Wildman–Crippen LogP) is 2.77. The highest BCUT2D eigenvalue weighted by Gasteiger charge is 2.21. The molecule has 0 aromatic carbocycles. The third-order valence-corrected chi connectivity index (χ3v) is 5.13. The van der Waals surface area contributed by atoms with Crippen LogP contribution < -0.4 is 10.2 Å². The molecule has 0 saturated carbocycles. The third-order valence-electron chi connectivity index (χ3n) is 3.39. The van der Waals surface area contributed by atoms with E-state index in [0.29, 0.717) is 6.04 Å². The summed E-state index contributed by atoms with van der Waals surface area (Å²) in [6.45, 7) is 2.09. The van der Waals surface area contributed by atoms with Crippen molar-refractivity contribution in [3.8, 4) is 10.4 Å². The first-order valence-electron chi connectivity index (χ1n) is 6.24. The summed E-state index contributed by atoms with van der Waals surface area (Å²) in [4.78, 5) is 12.3. The van der Waals surface area contributed by atoms with Crippen LogP contribution in [0, 0.1) is 0 Å². The lowest BCUT2D eigenvalue weighted by molar-refractivity contribution is 0.668. The minimum Gasteiger partial charge on any atom is -0.340 e. The van der Waals surface area contributed by atoms with E-state index in [1.54, 1.807) is 11.3 Å². The van der Waals surface area contributed by atoms with E-state index in [9.17, 15) is 0 Å². The molecule has 1 fully saturated rings. The molecule has 0 radical (unpaired) electrons. The first kappa shape index (κ1) is 13.0. The van der Waals surface area contributed by atoms with Crippen LogP contribution in [0.15, 0.2) is 28.3 Å². The highest BCUT2D eigenvalue weighted by atomic mass is 79.9. The number of nitrogens with zero attached hydrogens (tertiary/aromatic N) is 3. The number of rotatable bonds is 3. The van der Waals surface area contributed by atoms with Crippen molar-refractivity contribution in [2.45, 2.75) is 12.5 Å². The Labute approximate surface area is 125 Å². The molecule has 4 nitrogen and oxygen atoms in total. The van der Waals surface area contributed by atoms with Crippen LogP contribution in [0.4, 0.5) is 5.95 Å². The molecule has 1 aliphatic rings. The summed E-state index contributed by atoms with van der Waals surface area (Å²) in [5, 5.41) is 5.43. The van der Waals surface area contributed by atoms with Gasteiger partial charge in [0.25, 0.3) is 0 Å². The van der Waals surface area contributed by atoms with Crippen LogP contribution in [-0.2, 0) is 0 Å². The van der Waals surface area contributed by atoms with Crippen LogP contribution >= 0.6 is 27.3 Å². The van der Waals surface area contributed by atoms with E-state index in [2.05, 4.69) is 54.6 Å². The van der Waals surface area contributed by atoms with Crippen LogP contribution in [-0.4, -0.2) is 36.1 Å². The van der Waals surface area contributed by atoms with Gasteiger partial charge in [-0.3, -0.25) is 0 Å². The minimum absolute atomic E-state index is 0.502. The van der Waals surface area contributed by atoms with Crippen LogP contribution in [0.5, 0.6) is 0 Å². The fourth-order valence-electron chi connectivity index (χ4n) is 2.23. The van der Waals surface area contributed by atoms with Gasteiger partial charge in [-0.25, -0.2) is 9.97 Å². The Balaban J connectivity index is 1.78. The molecule has 2 aromatic heterocycles. The Hall–Kier alpha value is -0.980. The van der Waals surface area contributed by atoms with Gasteiger partial charge in [-0.05, 0) is 35.0 Å². The molecule has 1 unspecified atom stereocenters. The topological polar surface area (TPSA) is 41.1 Å². The Morgan fingerprint density at radius 3 is 2.79 bits per heavy atom. The Morgan fingerprint density at radius 1 is 1.42 bits per heavy atom. The molecular formula is C13H15BrN4S. The molecule has 1 aliphatic heterocycles.